The molecule has 0 unspecified atom stereocenters. The number of aryl methyl sites for hydroxylation is 1. The molecular weight excluding hydrogens is 475 g/mol. The summed E-state index contributed by atoms with van der Waals surface area (Å²) in [5, 5.41) is 5.59. The van der Waals surface area contributed by atoms with Gasteiger partial charge in [0.05, 0.1) is 5.52 Å². The Hall–Kier alpha value is -3.40. The van der Waals surface area contributed by atoms with Crippen molar-refractivity contribution < 1.29 is 32.2 Å². The van der Waals surface area contributed by atoms with Crippen LogP contribution >= 0.6 is 0 Å². The second kappa shape index (κ2) is 10.7. The molecule has 2 aromatic carbocycles. The van der Waals surface area contributed by atoms with Crippen LogP contribution in [0.15, 0.2) is 42.6 Å². The zero-order valence-electron chi connectivity index (χ0n) is 20.2. The zero-order valence-corrected chi connectivity index (χ0v) is 20.2. The van der Waals surface area contributed by atoms with E-state index in [1.54, 1.807) is 12.0 Å². The number of hydrogen-bond acceptors (Lipinski definition) is 5. The smallest absolute Gasteiger partial charge is 0.406 e. The maximum absolute atomic E-state index is 12.8. The topological polar surface area (TPSA) is 73.7 Å². The lowest BCUT2D eigenvalue weighted by atomic mass is 9.99. The summed E-state index contributed by atoms with van der Waals surface area (Å²) in [4.78, 5) is 27.1. The molecule has 1 aliphatic heterocycles. The summed E-state index contributed by atoms with van der Waals surface area (Å²) in [5.74, 6) is -0.318. The van der Waals surface area contributed by atoms with Crippen molar-refractivity contribution in [2.24, 2.45) is 5.92 Å². The van der Waals surface area contributed by atoms with E-state index < -0.39 is 6.36 Å². The van der Waals surface area contributed by atoms with Gasteiger partial charge in [-0.25, -0.2) is 0 Å². The van der Waals surface area contributed by atoms with Crippen molar-refractivity contribution in [1.82, 2.24) is 14.7 Å². The first-order valence-electron chi connectivity index (χ1n) is 11.8. The summed E-state index contributed by atoms with van der Waals surface area (Å²) >= 11 is 0. The molecule has 36 heavy (non-hydrogen) atoms. The number of alkyl halides is 3. The fraction of sp³-hybridized carbons (Fsp3) is 0.423. The Kier molecular flexibility index (Phi) is 7.63. The van der Waals surface area contributed by atoms with Gasteiger partial charge in [-0.3, -0.25) is 14.3 Å². The van der Waals surface area contributed by atoms with Crippen LogP contribution in [-0.2, 0) is 11.3 Å². The van der Waals surface area contributed by atoms with Crippen LogP contribution in [0.3, 0.4) is 0 Å². The predicted molar refractivity (Wildman–Crippen MR) is 127 cm³/mol. The van der Waals surface area contributed by atoms with E-state index in [9.17, 15) is 22.8 Å². The second-order valence-corrected chi connectivity index (χ2v) is 9.02. The van der Waals surface area contributed by atoms with Crippen molar-refractivity contribution in [3.63, 3.8) is 0 Å². The fourth-order valence-corrected chi connectivity index (χ4v) is 4.60. The van der Waals surface area contributed by atoms with Gasteiger partial charge in [-0.05, 0) is 67.6 Å². The Labute approximate surface area is 206 Å². The summed E-state index contributed by atoms with van der Waals surface area (Å²) in [7, 11) is 1.62. The summed E-state index contributed by atoms with van der Waals surface area (Å²) in [6.45, 7) is 4.18. The highest BCUT2D eigenvalue weighted by atomic mass is 19.4. The number of likely N-dealkylation sites (tertiary alicyclic amines) is 1. The van der Waals surface area contributed by atoms with Gasteiger partial charge in [0.25, 0.3) is 5.91 Å². The number of carbonyl (C=O) groups excluding carboxylic acids is 2. The van der Waals surface area contributed by atoms with Crippen molar-refractivity contribution in [3.05, 3.63) is 59.3 Å². The Morgan fingerprint density at radius 2 is 1.89 bits per heavy atom. The van der Waals surface area contributed by atoms with Crippen molar-refractivity contribution in [1.29, 1.82) is 0 Å². The molecule has 1 aromatic heterocycles. The van der Waals surface area contributed by atoms with Gasteiger partial charge in [0.1, 0.15) is 5.75 Å². The van der Waals surface area contributed by atoms with Crippen molar-refractivity contribution in [2.75, 3.05) is 26.8 Å². The number of aromatic nitrogens is 2. The fourth-order valence-electron chi connectivity index (χ4n) is 4.60. The Bertz CT molecular complexity index is 1240. The molecule has 4 rings (SSSR count). The average Bonchev–Trinajstić information content (AvgIpc) is 3.46. The third-order valence-corrected chi connectivity index (χ3v) is 6.41. The van der Waals surface area contributed by atoms with E-state index in [0.29, 0.717) is 50.2 Å². The van der Waals surface area contributed by atoms with Gasteiger partial charge >= 0.3 is 6.36 Å². The molecule has 2 heterocycles. The number of benzene rings is 2. The van der Waals surface area contributed by atoms with Gasteiger partial charge < -0.3 is 14.4 Å². The van der Waals surface area contributed by atoms with E-state index in [1.165, 1.54) is 12.1 Å². The van der Waals surface area contributed by atoms with Crippen molar-refractivity contribution in [3.8, 4) is 5.75 Å². The van der Waals surface area contributed by atoms with Crippen LogP contribution in [0.2, 0.25) is 0 Å². The first kappa shape index (κ1) is 25.7. The van der Waals surface area contributed by atoms with Crippen molar-refractivity contribution >= 4 is 22.6 Å². The number of nitrogens with zero attached hydrogens (tertiary/aromatic N) is 3. The van der Waals surface area contributed by atoms with Crippen molar-refractivity contribution in [2.45, 2.75) is 39.1 Å². The third kappa shape index (κ3) is 6.04. The first-order valence-corrected chi connectivity index (χ1v) is 11.8. The molecule has 0 aliphatic carbocycles. The van der Waals surface area contributed by atoms with Crippen LogP contribution in [0.5, 0.6) is 5.75 Å². The monoisotopic (exact) mass is 503 g/mol. The minimum Gasteiger partial charge on any atom is -0.406 e. The number of methoxy groups -OCH3 is 1. The van der Waals surface area contributed by atoms with E-state index in [4.69, 9.17) is 4.74 Å². The minimum atomic E-state index is -4.77. The highest BCUT2D eigenvalue weighted by Gasteiger charge is 2.31. The van der Waals surface area contributed by atoms with E-state index >= 15 is 0 Å². The number of rotatable bonds is 9. The third-order valence-electron chi connectivity index (χ3n) is 6.41. The van der Waals surface area contributed by atoms with Crippen LogP contribution in [0.25, 0.3) is 10.9 Å². The van der Waals surface area contributed by atoms with E-state index in [0.717, 1.165) is 35.0 Å². The molecule has 0 spiro atoms. The lowest BCUT2D eigenvalue weighted by molar-refractivity contribution is -0.274. The normalized spacial score (nSPS) is 16.0. The summed E-state index contributed by atoms with van der Waals surface area (Å²) in [5.41, 5.74) is 2.73. The molecule has 1 fully saturated rings. The average molecular weight is 504 g/mol. The van der Waals surface area contributed by atoms with Gasteiger partial charge in [0.2, 0.25) is 0 Å². The van der Waals surface area contributed by atoms with E-state index in [1.807, 2.05) is 29.9 Å². The molecule has 7 nitrogen and oxygen atoms in total. The van der Waals surface area contributed by atoms with Gasteiger partial charge in [-0.1, -0.05) is 0 Å². The van der Waals surface area contributed by atoms with Crippen LogP contribution in [0, 0.1) is 12.8 Å². The van der Waals surface area contributed by atoms with E-state index in [-0.39, 0.29) is 23.4 Å². The molecule has 0 radical (unpaired) electrons. The SMILES string of the molecule is COCCCC(=O)c1ccc2nn(C[C@@H]3CCN(C(=O)c4ccc(OC(F)(F)F)cc4)C3)cc2c1C. The van der Waals surface area contributed by atoms with Crippen LogP contribution < -0.4 is 4.74 Å². The number of halogens is 3. The molecule has 1 saturated heterocycles. The Balaban J connectivity index is 1.38. The Morgan fingerprint density at radius 1 is 1.14 bits per heavy atom. The number of fused-ring (bicyclic) bond motifs is 1. The molecule has 1 amide bonds. The molecule has 3 aromatic rings. The molecule has 0 bridgehead atoms. The number of amides is 1. The molecule has 10 heteroatoms. The van der Waals surface area contributed by atoms with Gasteiger partial charge in [0.15, 0.2) is 5.78 Å². The molecule has 0 N–H and O–H groups in total. The van der Waals surface area contributed by atoms with Gasteiger partial charge in [-0.2, -0.15) is 5.10 Å². The number of ether oxygens (including phenoxy) is 2. The van der Waals surface area contributed by atoms with Gasteiger partial charge in [-0.15, -0.1) is 13.2 Å². The quantitative estimate of drug-likeness (QED) is 0.303. The standard InChI is InChI=1S/C26H28F3N3O4/c1-17-21(24(33)4-3-13-35-2)9-10-23-22(17)16-32(30-23)15-18-11-12-31(14-18)25(34)19-5-7-20(8-6-19)36-26(27,28)29/h5-10,16,18H,3-4,11-15H2,1-2H3/t18-/m1/s1. The molecule has 1 atom stereocenters. The molecule has 0 saturated carbocycles. The molecular formula is C26H28F3N3O4. The zero-order chi connectivity index (χ0) is 25.9. The highest BCUT2D eigenvalue weighted by Crippen LogP contribution is 2.26. The number of carbonyl (C=O) groups is 2. The highest BCUT2D eigenvalue weighted by molar-refractivity contribution is 6.01. The number of ketones is 1. The van der Waals surface area contributed by atoms with Crippen LogP contribution in [0.4, 0.5) is 13.2 Å². The number of hydrogen-bond donors (Lipinski definition) is 0. The largest absolute Gasteiger partial charge is 0.573 e. The van der Waals surface area contributed by atoms with Gasteiger partial charge in [0, 0.05) is 62.5 Å². The predicted octanol–water partition coefficient (Wildman–Crippen LogP) is 5.01. The first-order chi connectivity index (χ1) is 17.1. The maximum Gasteiger partial charge on any atom is 0.573 e. The van der Waals surface area contributed by atoms with Crippen LogP contribution in [-0.4, -0.2) is 59.5 Å². The van der Waals surface area contributed by atoms with Crippen LogP contribution in [0.1, 0.15) is 45.5 Å². The summed E-state index contributed by atoms with van der Waals surface area (Å²) in [6, 6.07) is 8.65. The van der Waals surface area contributed by atoms with E-state index in [2.05, 4.69) is 9.84 Å². The second-order valence-electron chi connectivity index (χ2n) is 9.02. The maximum atomic E-state index is 12.8. The lowest BCUT2D eigenvalue weighted by Gasteiger charge is -2.17. The molecule has 1 aliphatic rings. The molecule has 192 valence electrons. The minimum absolute atomic E-state index is 0.0853. The summed E-state index contributed by atoms with van der Waals surface area (Å²) in [6.07, 6.45) is -0.933. The Morgan fingerprint density at radius 3 is 2.58 bits per heavy atom. The number of Topliss-reactive ketones (excluding diaryl/α,β-unsaturated/α-hetero) is 1. The lowest BCUT2D eigenvalue weighted by Crippen LogP contribution is -2.29. The summed E-state index contributed by atoms with van der Waals surface area (Å²) < 4.78 is 47.8.